The number of ether oxygens (including phenoxy) is 2. The molecule has 1 rings (SSSR count). The zero-order valence-corrected chi connectivity index (χ0v) is 11.5. The number of hydrogen-bond acceptors (Lipinski definition) is 3. The summed E-state index contributed by atoms with van der Waals surface area (Å²) in [5, 5.41) is 9.61. The number of rotatable bonds is 6. The summed E-state index contributed by atoms with van der Waals surface area (Å²) in [5.74, 6) is -0.431. The lowest BCUT2D eigenvalue weighted by molar-refractivity contribution is -0.152. The minimum absolute atomic E-state index is 0.0241. The molecule has 0 heterocycles. The van der Waals surface area contributed by atoms with Crippen LogP contribution in [0.1, 0.15) is 18.1 Å². The Balaban J connectivity index is 2.70. The maximum absolute atomic E-state index is 10.9. The first-order valence-corrected chi connectivity index (χ1v) is 6.07. The van der Waals surface area contributed by atoms with Crippen LogP contribution in [-0.2, 0) is 9.53 Å². The van der Waals surface area contributed by atoms with Gasteiger partial charge in [-0.1, -0.05) is 11.6 Å². The van der Waals surface area contributed by atoms with Crippen LogP contribution in [0.2, 0.25) is 5.02 Å². The van der Waals surface area contributed by atoms with Gasteiger partial charge in [0.05, 0.1) is 0 Å². The van der Waals surface area contributed by atoms with Crippen LogP contribution >= 0.6 is 11.6 Å². The lowest BCUT2D eigenvalue weighted by Crippen LogP contribution is -2.30. The van der Waals surface area contributed by atoms with E-state index >= 15 is 0 Å². The van der Waals surface area contributed by atoms with Crippen molar-refractivity contribution in [3.05, 3.63) is 28.3 Å². The number of aliphatic carboxylic acids is 1. The van der Waals surface area contributed by atoms with Crippen molar-refractivity contribution in [2.24, 2.45) is 0 Å². The Hall–Kier alpha value is -1.26. The molecule has 0 fully saturated rings. The van der Waals surface area contributed by atoms with E-state index in [0.29, 0.717) is 17.4 Å². The van der Waals surface area contributed by atoms with Crippen LogP contribution in [0.4, 0.5) is 0 Å². The Morgan fingerprint density at radius 2 is 1.94 bits per heavy atom. The summed E-state index contributed by atoms with van der Waals surface area (Å²) >= 11 is 6.04. The molecule has 0 saturated carbocycles. The molecule has 0 spiro atoms. The van der Waals surface area contributed by atoms with Crippen molar-refractivity contribution in [1.82, 2.24) is 0 Å². The molecule has 1 N–H and O–H groups in total. The molecule has 1 atom stereocenters. The fourth-order valence-electron chi connectivity index (χ4n) is 1.55. The quantitative estimate of drug-likeness (QED) is 0.865. The molecule has 1 unspecified atom stereocenters. The van der Waals surface area contributed by atoms with Crippen molar-refractivity contribution in [1.29, 1.82) is 0 Å². The second kappa shape index (κ2) is 6.61. The lowest BCUT2D eigenvalue weighted by atomic mass is 10.1. The summed E-state index contributed by atoms with van der Waals surface area (Å²) in [6.07, 6.45) is -0.953. The molecule has 0 saturated heterocycles. The van der Waals surface area contributed by atoms with Gasteiger partial charge < -0.3 is 14.6 Å². The molecule has 0 aliphatic carbocycles. The molecule has 0 aliphatic rings. The van der Waals surface area contributed by atoms with Gasteiger partial charge >= 0.3 is 5.97 Å². The van der Waals surface area contributed by atoms with Crippen molar-refractivity contribution in [3.8, 4) is 5.75 Å². The van der Waals surface area contributed by atoms with E-state index in [9.17, 15) is 4.79 Å². The van der Waals surface area contributed by atoms with Crippen molar-refractivity contribution < 1.29 is 19.4 Å². The van der Waals surface area contributed by atoms with E-state index in [0.717, 1.165) is 11.1 Å². The van der Waals surface area contributed by atoms with Crippen LogP contribution in [-0.4, -0.2) is 30.4 Å². The van der Waals surface area contributed by atoms with Crippen LogP contribution in [0.3, 0.4) is 0 Å². The average Bonchev–Trinajstić information content (AvgIpc) is 2.30. The Morgan fingerprint density at radius 1 is 1.39 bits per heavy atom. The van der Waals surface area contributed by atoms with Gasteiger partial charge in [0, 0.05) is 11.6 Å². The van der Waals surface area contributed by atoms with E-state index in [-0.39, 0.29) is 6.61 Å². The molecular formula is C13H17ClO4. The van der Waals surface area contributed by atoms with Gasteiger partial charge in [0.15, 0.2) is 6.10 Å². The molecule has 0 bridgehead atoms. The van der Waals surface area contributed by atoms with Gasteiger partial charge in [-0.25, -0.2) is 4.79 Å². The number of halogens is 1. The van der Waals surface area contributed by atoms with E-state index in [2.05, 4.69) is 0 Å². The summed E-state index contributed by atoms with van der Waals surface area (Å²) in [6, 6.07) is 3.56. The Kier molecular flexibility index (Phi) is 5.44. The van der Waals surface area contributed by atoms with E-state index in [1.165, 1.54) is 0 Å². The predicted molar refractivity (Wildman–Crippen MR) is 69.5 cm³/mol. The number of benzene rings is 1. The average molecular weight is 273 g/mol. The standard InChI is InChI=1S/C13H17ClO4/c1-4-17-11(13(15)16)7-18-10-5-8(2)12(14)9(3)6-10/h5-6,11H,4,7H2,1-3H3,(H,15,16). The first kappa shape index (κ1) is 14.8. The molecule has 1 aromatic carbocycles. The van der Waals surface area contributed by atoms with Gasteiger partial charge in [0.25, 0.3) is 0 Å². The van der Waals surface area contributed by atoms with Crippen molar-refractivity contribution in [3.63, 3.8) is 0 Å². The maximum Gasteiger partial charge on any atom is 0.336 e. The molecular weight excluding hydrogens is 256 g/mol. The highest BCUT2D eigenvalue weighted by molar-refractivity contribution is 6.32. The fourth-order valence-corrected chi connectivity index (χ4v) is 1.66. The third kappa shape index (κ3) is 3.89. The molecule has 4 nitrogen and oxygen atoms in total. The van der Waals surface area contributed by atoms with Gasteiger partial charge in [-0.2, -0.15) is 0 Å². The second-order valence-electron chi connectivity index (χ2n) is 3.96. The molecule has 5 heteroatoms. The normalized spacial score (nSPS) is 12.2. The third-order valence-corrected chi connectivity index (χ3v) is 3.05. The van der Waals surface area contributed by atoms with Gasteiger partial charge in [0.1, 0.15) is 12.4 Å². The van der Waals surface area contributed by atoms with Crippen molar-refractivity contribution >= 4 is 17.6 Å². The number of carboxylic acid groups (broad SMARTS) is 1. The van der Waals surface area contributed by atoms with Gasteiger partial charge in [-0.05, 0) is 44.0 Å². The van der Waals surface area contributed by atoms with Crippen LogP contribution < -0.4 is 4.74 Å². The van der Waals surface area contributed by atoms with Crippen LogP contribution in [0.25, 0.3) is 0 Å². The number of aryl methyl sites for hydroxylation is 2. The van der Waals surface area contributed by atoms with Crippen LogP contribution in [0.15, 0.2) is 12.1 Å². The zero-order chi connectivity index (χ0) is 13.7. The van der Waals surface area contributed by atoms with E-state index < -0.39 is 12.1 Å². The maximum atomic E-state index is 10.9. The van der Waals surface area contributed by atoms with E-state index in [1.54, 1.807) is 19.1 Å². The highest BCUT2D eigenvalue weighted by Crippen LogP contribution is 2.25. The molecule has 1 aromatic rings. The topological polar surface area (TPSA) is 55.8 Å². The lowest BCUT2D eigenvalue weighted by Gasteiger charge is -2.15. The minimum Gasteiger partial charge on any atom is -0.490 e. The summed E-state index contributed by atoms with van der Waals surface area (Å²) in [5.41, 5.74) is 1.80. The van der Waals surface area contributed by atoms with Gasteiger partial charge in [-0.3, -0.25) is 0 Å². The second-order valence-corrected chi connectivity index (χ2v) is 4.34. The monoisotopic (exact) mass is 272 g/mol. The Labute approximate surface area is 111 Å². The smallest absolute Gasteiger partial charge is 0.336 e. The molecule has 0 radical (unpaired) electrons. The van der Waals surface area contributed by atoms with Crippen LogP contribution in [0.5, 0.6) is 5.75 Å². The predicted octanol–water partition coefficient (Wildman–Crippen LogP) is 2.83. The third-order valence-electron chi connectivity index (χ3n) is 2.45. The molecule has 0 amide bonds. The molecule has 18 heavy (non-hydrogen) atoms. The Bertz CT molecular complexity index is 408. The first-order valence-electron chi connectivity index (χ1n) is 5.69. The molecule has 0 aliphatic heterocycles. The number of hydrogen-bond donors (Lipinski definition) is 1. The fraction of sp³-hybridized carbons (Fsp3) is 0.462. The summed E-state index contributed by atoms with van der Waals surface area (Å²) in [4.78, 5) is 10.9. The van der Waals surface area contributed by atoms with Gasteiger partial charge in [-0.15, -0.1) is 0 Å². The number of carbonyl (C=O) groups is 1. The largest absolute Gasteiger partial charge is 0.490 e. The minimum atomic E-state index is -1.03. The van der Waals surface area contributed by atoms with Crippen molar-refractivity contribution in [2.75, 3.05) is 13.2 Å². The summed E-state index contributed by atoms with van der Waals surface area (Å²) < 4.78 is 10.5. The highest BCUT2D eigenvalue weighted by atomic mass is 35.5. The van der Waals surface area contributed by atoms with E-state index in [1.807, 2.05) is 13.8 Å². The van der Waals surface area contributed by atoms with Gasteiger partial charge in [0.2, 0.25) is 0 Å². The molecule has 0 aromatic heterocycles. The Morgan fingerprint density at radius 3 is 2.39 bits per heavy atom. The first-order chi connectivity index (χ1) is 8.45. The molecule has 100 valence electrons. The summed E-state index contributed by atoms with van der Waals surface area (Å²) in [7, 11) is 0. The van der Waals surface area contributed by atoms with Crippen LogP contribution in [0, 0.1) is 13.8 Å². The SMILES string of the molecule is CCOC(COc1cc(C)c(Cl)c(C)c1)C(=O)O. The van der Waals surface area contributed by atoms with E-state index in [4.69, 9.17) is 26.2 Å². The zero-order valence-electron chi connectivity index (χ0n) is 10.7. The van der Waals surface area contributed by atoms with Crippen molar-refractivity contribution in [2.45, 2.75) is 26.9 Å². The number of carboxylic acids is 1. The highest BCUT2D eigenvalue weighted by Gasteiger charge is 2.18. The summed E-state index contributed by atoms with van der Waals surface area (Å²) in [6.45, 7) is 5.80.